The van der Waals surface area contributed by atoms with Crippen LogP contribution in [0.4, 0.5) is 10.9 Å². The Morgan fingerprint density at radius 3 is 2.95 bits per heavy atom. The Morgan fingerprint density at radius 1 is 1.57 bits per heavy atom. The second-order valence-electron chi connectivity index (χ2n) is 4.55. The minimum absolute atomic E-state index is 0.0981. The number of nitrogens with zero attached hydrogens (tertiary/aromatic N) is 2. The zero-order chi connectivity index (χ0) is 15.4. The summed E-state index contributed by atoms with van der Waals surface area (Å²) in [6.07, 6.45) is 0.996. The molecule has 0 aromatic carbocycles. The summed E-state index contributed by atoms with van der Waals surface area (Å²) in [6, 6.07) is 2.01. The van der Waals surface area contributed by atoms with E-state index in [0.29, 0.717) is 22.4 Å². The number of carbonyl (C=O) groups is 1. The molecule has 8 heteroatoms. The Labute approximate surface area is 140 Å². The normalized spacial score (nSPS) is 10.6. The summed E-state index contributed by atoms with van der Waals surface area (Å²) < 4.78 is 1.03. The lowest BCUT2D eigenvalue weighted by Crippen LogP contribution is -2.25. The van der Waals surface area contributed by atoms with Crippen LogP contribution in [-0.4, -0.2) is 29.4 Å². The maximum Gasteiger partial charge on any atom is 0.267 e. The average Bonchev–Trinajstić information content (AvgIpc) is 3.01. The number of hydrogen-bond donors (Lipinski definition) is 2. The average molecular weight is 389 g/mol. The quantitative estimate of drug-likeness (QED) is 0.791. The monoisotopic (exact) mass is 388 g/mol. The number of halogens is 1. The van der Waals surface area contributed by atoms with E-state index in [1.54, 1.807) is 23.3 Å². The van der Waals surface area contributed by atoms with Gasteiger partial charge in [0.2, 0.25) is 0 Å². The third-order valence-electron chi connectivity index (χ3n) is 2.74. The van der Waals surface area contributed by atoms with E-state index in [1.807, 2.05) is 11.4 Å². The highest BCUT2D eigenvalue weighted by molar-refractivity contribution is 9.10. The maximum absolute atomic E-state index is 12.4. The van der Waals surface area contributed by atoms with E-state index in [1.165, 1.54) is 11.3 Å². The second kappa shape index (κ2) is 7.24. The highest BCUT2D eigenvalue weighted by Gasteiger charge is 2.20. The second-order valence-corrected chi connectivity index (χ2v) is 7.46. The van der Waals surface area contributed by atoms with Crippen molar-refractivity contribution in [2.45, 2.75) is 19.9 Å². The molecule has 0 aliphatic rings. The summed E-state index contributed by atoms with van der Waals surface area (Å²) >= 11 is 6.34. The van der Waals surface area contributed by atoms with Gasteiger partial charge in [0.1, 0.15) is 10.7 Å². The lowest BCUT2D eigenvalue weighted by molar-refractivity contribution is 0.0792. The molecule has 0 aliphatic carbocycles. The molecule has 0 aliphatic heterocycles. The Bertz CT molecular complexity index is 625. The van der Waals surface area contributed by atoms with Crippen molar-refractivity contribution in [1.82, 2.24) is 9.88 Å². The van der Waals surface area contributed by atoms with Crippen molar-refractivity contribution < 1.29 is 4.79 Å². The van der Waals surface area contributed by atoms with Crippen LogP contribution in [0.5, 0.6) is 0 Å². The van der Waals surface area contributed by atoms with Crippen LogP contribution in [0, 0.1) is 0 Å². The van der Waals surface area contributed by atoms with Gasteiger partial charge in [0.15, 0.2) is 5.13 Å². The molecule has 0 saturated carbocycles. The molecule has 0 bridgehead atoms. The van der Waals surface area contributed by atoms with Crippen LogP contribution >= 0.6 is 38.6 Å². The Kier molecular flexibility index (Phi) is 5.60. The molecule has 0 radical (unpaired) electrons. The fourth-order valence-electron chi connectivity index (χ4n) is 1.71. The van der Waals surface area contributed by atoms with E-state index >= 15 is 0 Å². The predicted molar refractivity (Wildman–Crippen MR) is 93.1 cm³/mol. The van der Waals surface area contributed by atoms with E-state index in [9.17, 15) is 4.79 Å². The summed E-state index contributed by atoms with van der Waals surface area (Å²) in [4.78, 5) is 19.9. The van der Waals surface area contributed by atoms with Crippen LogP contribution in [-0.2, 0) is 6.54 Å². The van der Waals surface area contributed by atoms with Gasteiger partial charge in [0.25, 0.3) is 5.91 Å². The largest absolute Gasteiger partial charge is 0.382 e. The number of thiazole rings is 1. The molecular formula is C13H17BrN4OS2. The van der Waals surface area contributed by atoms with Gasteiger partial charge in [-0.1, -0.05) is 18.3 Å². The first-order valence-corrected chi connectivity index (χ1v) is 8.98. The van der Waals surface area contributed by atoms with Gasteiger partial charge in [0.05, 0.1) is 6.54 Å². The molecule has 0 saturated heterocycles. The fraction of sp³-hybridized carbons (Fsp3) is 0.385. The highest BCUT2D eigenvalue weighted by Crippen LogP contribution is 2.27. The van der Waals surface area contributed by atoms with Crippen LogP contribution in [0.1, 0.15) is 27.9 Å². The van der Waals surface area contributed by atoms with Crippen LogP contribution in [0.3, 0.4) is 0 Å². The van der Waals surface area contributed by atoms with Gasteiger partial charge in [-0.15, -0.1) is 11.3 Å². The summed E-state index contributed by atoms with van der Waals surface area (Å²) in [5.41, 5.74) is 5.86. The molecule has 1 amide bonds. The van der Waals surface area contributed by atoms with E-state index in [-0.39, 0.29) is 5.91 Å². The van der Waals surface area contributed by atoms with Gasteiger partial charge in [-0.2, -0.15) is 0 Å². The molecule has 114 valence electrons. The first-order chi connectivity index (χ1) is 10.0. The van der Waals surface area contributed by atoms with Crippen molar-refractivity contribution in [2.24, 2.45) is 0 Å². The Morgan fingerprint density at radius 2 is 2.33 bits per heavy atom. The SMILES string of the molecule is CCCNc1nc(N)c(C(=O)N(C)Cc2cc(Br)cs2)s1. The minimum atomic E-state index is -0.0981. The molecule has 0 spiro atoms. The molecule has 2 rings (SSSR count). The molecule has 3 N–H and O–H groups in total. The number of carbonyl (C=O) groups excluding carboxylic acids is 1. The number of hydrogen-bond acceptors (Lipinski definition) is 6. The standard InChI is InChI=1S/C13H17BrN4OS2/c1-3-4-16-13-17-11(15)10(21-13)12(19)18(2)6-9-5-8(14)7-20-9/h5,7H,3-4,6,15H2,1-2H3,(H,16,17). The zero-order valence-electron chi connectivity index (χ0n) is 11.9. The van der Waals surface area contributed by atoms with Gasteiger partial charge in [-0.05, 0) is 28.4 Å². The van der Waals surface area contributed by atoms with E-state index in [0.717, 1.165) is 22.3 Å². The smallest absolute Gasteiger partial charge is 0.267 e. The summed E-state index contributed by atoms with van der Waals surface area (Å²) in [6.45, 7) is 3.45. The molecule has 2 heterocycles. The van der Waals surface area contributed by atoms with Crippen molar-refractivity contribution in [3.8, 4) is 0 Å². The topological polar surface area (TPSA) is 71.2 Å². The molecular weight excluding hydrogens is 372 g/mol. The molecule has 21 heavy (non-hydrogen) atoms. The van der Waals surface area contributed by atoms with Crippen LogP contribution in [0.2, 0.25) is 0 Å². The molecule has 0 fully saturated rings. The molecule has 0 unspecified atom stereocenters. The first kappa shape index (κ1) is 16.3. The number of thiophene rings is 1. The van der Waals surface area contributed by atoms with Gasteiger partial charge in [-0.3, -0.25) is 4.79 Å². The van der Waals surface area contributed by atoms with E-state index < -0.39 is 0 Å². The third-order valence-corrected chi connectivity index (χ3v) is 5.43. The third kappa shape index (κ3) is 4.18. The zero-order valence-corrected chi connectivity index (χ0v) is 15.1. The number of aromatic nitrogens is 1. The predicted octanol–water partition coefficient (Wildman–Crippen LogP) is 3.64. The fourth-order valence-corrected chi connectivity index (χ4v) is 4.12. The van der Waals surface area contributed by atoms with Crippen molar-refractivity contribution in [3.05, 3.63) is 25.7 Å². The molecule has 2 aromatic heterocycles. The van der Waals surface area contributed by atoms with Crippen LogP contribution < -0.4 is 11.1 Å². The summed E-state index contributed by atoms with van der Waals surface area (Å²) in [7, 11) is 1.77. The van der Waals surface area contributed by atoms with Gasteiger partial charge in [-0.25, -0.2) is 4.98 Å². The van der Waals surface area contributed by atoms with Gasteiger partial charge >= 0.3 is 0 Å². The number of nitrogen functional groups attached to an aromatic ring is 1. The van der Waals surface area contributed by atoms with Crippen molar-refractivity contribution in [2.75, 3.05) is 24.6 Å². The van der Waals surface area contributed by atoms with Gasteiger partial charge in [0, 0.05) is 28.3 Å². The van der Waals surface area contributed by atoms with E-state index in [4.69, 9.17) is 5.73 Å². The van der Waals surface area contributed by atoms with Gasteiger partial charge < -0.3 is 16.0 Å². The number of nitrogens with two attached hydrogens (primary N) is 1. The lowest BCUT2D eigenvalue weighted by atomic mass is 10.4. The van der Waals surface area contributed by atoms with Crippen molar-refractivity contribution in [3.63, 3.8) is 0 Å². The van der Waals surface area contributed by atoms with E-state index in [2.05, 4.69) is 33.2 Å². The Balaban J connectivity index is 2.06. The molecule has 5 nitrogen and oxygen atoms in total. The Hall–Kier alpha value is -1.12. The molecule has 2 aromatic rings. The summed E-state index contributed by atoms with van der Waals surface area (Å²) in [5, 5.41) is 5.86. The van der Waals surface area contributed by atoms with Crippen LogP contribution in [0.25, 0.3) is 0 Å². The van der Waals surface area contributed by atoms with Crippen molar-refractivity contribution >= 4 is 55.5 Å². The maximum atomic E-state index is 12.4. The number of anilines is 2. The number of rotatable bonds is 6. The highest BCUT2D eigenvalue weighted by atomic mass is 79.9. The molecule has 0 atom stereocenters. The lowest BCUT2D eigenvalue weighted by Gasteiger charge is -2.15. The summed E-state index contributed by atoms with van der Waals surface area (Å²) in [5.74, 6) is 0.196. The number of nitrogens with one attached hydrogen (secondary N) is 1. The van der Waals surface area contributed by atoms with Crippen LogP contribution in [0.15, 0.2) is 15.9 Å². The minimum Gasteiger partial charge on any atom is -0.382 e. The number of amides is 1. The first-order valence-electron chi connectivity index (χ1n) is 6.49. The van der Waals surface area contributed by atoms with Crippen molar-refractivity contribution in [1.29, 1.82) is 0 Å².